The quantitative estimate of drug-likeness (QED) is 0.576. The molecule has 1 heteroatoms. The van der Waals surface area contributed by atoms with Crippen molar-refractivity contribution in [2.75, 3.05) is 0 Å². The van der Waals surface area contributed by atoms with Crippen LogP contribution in [0.1, 0.15) is 27.0 Å². The number of carbonyl (C=O) groups excluding carboxylic acids is 1. The van der Waals surface area contributed by atoms with Crippen LogP contribution >= 0.6 is 0 Å². The highest BCUT2D eigenvalue weighted by atomic mass is 16.1. The Morgan fingerprint density at radius 2 is 1.72 bits per heavy atom. The van der Waals surface area contributed by atoms with Gasteiger partial charge >= 0.3 is 0 Å². The average molecular weight is 236 g/mol. The maximum Gasteiger partial charge on any atom is 0.186 e. The van der Waals surface area contributed by atoms with E-state index >= 15 is 0 Å². The van der Waals surface area contributed by atoms with Crippen LogP contribution in [0.2, 0.25) is 0 Å². The minimum atomic E-state index is 0.0556. The molecular weight excluding hydrogens is 220 g/mol. The Morgan fingerprint density at radius 1 is 1.00 bits per heavy atom. The summed E-state index contributed by atoms with van der Waals surface area (Å²) >= 11 is 0. The van der Waals surface area contributed by atoms with E-state index in [1.54, 1.807) is 6.08 Å². The topological polar surface area (TPSA) is 17.1 Å². The van der Waals surface area contributed by atoms with Crippen molar-refractivity contribution in [2.24, 2.45) is 0 Å². The molecule has 0 heterocycles. The minimum absolute atomic E-state index is 0.0556. The summed E-state index contributed by atoms with van der Waals surface area (Å²) in [6.07, 6.45) is 3.49. The van der Waals surface area contributed by atoms with Crippen LogP contribution in [0.25, 0.3) is 6.08 Å². The number of hydrogen-bond donors (Lipinski definition) is 0. The van der Waals surface area contributed by atoms with E-state index in [1.165, 1.54) is 0 Å². The van der Waals surface area contributed by atoms with E-state index in [0.717, 1.165) is 22.3 Å². The SMILES string of the molecule is Cc1ccc(C)c(C(=O)C=Cc2ccccc2)c1. The van der Waals surface area contributed by atoms with Crippen LogP contribution in [0.3, 0.4) is 0 Å². The molecule has 0 N–H and O–H groups in total. The zero-order valence-corrected chi connectivity index (χ0v) is 10.7. The van der Waals surface area contributed by atoms with Crippen molar-refractivity contribution in [3.63, 3.8) is 0 Å². The molecule has 0 unspecified atom stereocenters. The van der Waals surface area contributed by atoms with E-state index in [-0.39, 0.29) is 5.78 Å². The van der Waals surface area contributed by atoms with Gasteiger partial charge in [-0.05, 0) is 37.1 Å². The maximum atomic E-state index is 12.1. The van der Waals surface area contributed by atoms with Gasteiger partial charge in [-0.25, -0.2) is 0 Å². The molecule has 18 heavy (non-hydrogen) atoms. The molecule has 2 aromatic rings. The average Bonchev–Trinajstić information content (AvgIpc) is 2.40. The predicted octanol–water partition coefficient (Wildman–Crippen LogP) is 4.20. The molecule has 90 valence electrons. The second-order valence-corrected chi connectivity index (χ2v) is 4.43. The van der Waals surface area contributed by atoms with Crippen molar-refractivity contribution >= 4 is 11.9 Å². The largest absolute Gasteiger partial charge is 0.289 e. The summed E-state index contributed by atoms with van der Waals surface area (Å²) in [7, 11) is 0. The Bertz CT molecular complexity index is 580. The van der Waals surface area contributed by atoms with Crippen molar-refractivity contribution in [2.45, 2.75) is 13.8 Å². The molecule has 0 aliphatic heterocycles. The first-order valence-electron chi connectivity index (χ1n) is 6.01. The Morgan fingerprint density at radius 3 is 2.44 bits per heavy atom. The second-order valence-electron chi connectivity index (χ2n) is 4.43. The summed E-state index contributed by atoms with van der Waals surface area (Å²) in [5.41, 5.74) is 3.94. The third-order valence-corrected chi connectivity index (χ3v) is 2.89. The Kier molecular flexibility index (Phi) is 3.73. The summed E-state index contributed by atoms with van der Waals surface area (Å²) in [5.74, 6) is 0.0556. The van der Waals surface area contributed by atoms with Gasteiger partial charge in [-0.15, -0.1) is 0 Å². The first-order valence-corrected chi connectivity index (χ1v) is 6.01. The van der Waals surface area contributed by atoms with E-state index in [1.807, 2.05) is 68.5 Å². The van der Waals surface area contributed by atoms with Crippen molar-refractivity contribution in [1.29, 1.82) is 0 Å². The normalized spacial score (nSPS) is 10.8. The second kappa shape index (κ2) is 5.46. The van der Waals surface area contributed by atoms with E-state index in [0.29, 0.717) is 0 Å². The lowest BCUT2D eigenvalue weighted by Crippen LogP contribution is -1.98. The van der Waals surface area contributed by atoms with E-state index in [9.17, 15) is 4.79 Å². The van der Waals surface area contributed by atoms with Crippen LogP contribution in [0.4, 0.5) is 0 Å². The van der Waals surface area contributed by atoms with Gasteiger partial charge < -0.3 is 0 Å². The number of ketones is 1. The number of aryl methyl sites for hydroxylation is 2. The summed E-state index contributed by atoms with van der Waals surface area (Å²) in [6.45, 7) is 3.96. The Labute approximate surface area is 108 Å². The van der Waals surface area contributed by atoms with E-state index in [2.05, 4.69) is 0 Å². The van der Waals surface area contributed by atoms with Gasteiger partial charge in [-0.3, -0.25) is 4.79 Å². The molecule has 2 rings (SSSR count). The Hall–Kier alpha value is -2.15. The lowest BCUT2D eigenvalue weighted by molar-refractivity contribution is 0.104. The highest BCUT2D eigenvalue weighted by Crippen LogP contribution is 2.12. The summed E-state index contributed by atoms with van der Waals surface area (Å²) in [5, 5.41) is 0. The standard InChI is InChI=1S/C17H16O/c1-13-8-9-14(2)16(12-13)17(18)11-10-15-6-4-3-5-7-15/h3-12H,1-2H3. The van der Waals surface area contributed by atoms with Gasteiger partial charge in [0.25, 0.3) is 0 Å². The number of carbonyl (C=O) groups is 1. The zero-order valence-electron chi connectivity index (χ0n) is 10.7. The molecule has 2 aromatic carbocycles. The molecule has 0 radical (unpaired) electrons. The van der Waals surface area contributed by atoms with Gasteiger partial charge in [-0.2, -0.15) is 0 Å². The van der Waals surface area contributed by atoms with Gasteiger partial charge in [0.05, 0.1) is 0 Å². The molecule has 0 fully saturated rings. The summed E-state index contributed by atoms with van der Waals surface area (Å²) < 4.78 is 0. The number of hydrogen-bond acceptors (Lipinski definition) is 1. The summed E-state index contributed by atoms with van der Waals surface area (Å²) in [4.78, 5) is 12.1. The van der Waals surface area contributed by atoms with Crippen LogP contribution in [0, 0.1) is 13.8 Å². The maximum absolute atomic E-state index is 12.1. The lowest BCUT2D eigenvalue weighted by atomic mass is 10.0. The molecule has 1 nitrogen and oxygen atoms in total. The summed E-state index contributed by atoms with van der Waals surface area (Å²) in [6, 6.07) is 15.8. The number of allylic oxidation sites excluding steroid dienone is 1. The number of rotatable bonds is 3. The lowest BCUT2D eigenvalue weighted by Gasteiger charge is -2.03. The van der Waals surface area contributed by atoms with Gasteiger partial charge in [0.2, 0.25) is 0 Å². The van der Waals surface area contributed by atoms with Crippen LogP contribution < -0.4 is 0 Å². The van der Waals surface area contributed by atoms with Gasteiger partial charge in [-0.1, -0.05) is 54.1 Å². The molecule has 0 atom stereocenters. The molecule has 0 spiro atoms. The van der Waals surface area contributed by atoms with Crippen LogP contribution in [0.5, 0.6) is 0 Å². The zero-order chi connectivity index (χ0) is 13.0. The van der Waals surface area contributed by atoms with Gasteiger partial charge in [0.1, 0.15) is 0 Å². The fraction of sp³-hybridized carbons (Fsp3) is 0.118. The monoisotopic (exact) mass is 236 g/mol. The fourth-order valence-corrected chi connectivity index (χ4v) is 1.83. The molecule has 0 bridgehead atoms. The highest BCUT2D eigenvalue weighted by Gasteiger charge is 2.05. The molecule has 0 aliphatic carbocycles. The van der Waals surface area contributed by atoms with E-state index in [4.69, 9.17) is 0 Å². The van der Waals surface area contributed by atoms with Crippen LogP contribution in [0.15, 0.2) is 54.6 Å². The van der Waals surface area contributed by atoms with Gasteiger partial charge in [0.15, 0.2) is 5.78 Å². The first kappa shape index (κ1) is 12.3. The minimum Gasteiger partial charge on any atom is -0.289 e. The predicted molar refractivity (Wildman–Crippen MR) is 75.7 cm³/mol. The third-order valence-electron chi connectivity index (χ3n) is 2.89. The molecule has 0 saturated heterocycles. The molecule has 0 saturated carbocycles. The van der Waals surface area contributed by atoms with Crippen molar-refractivity contribution in [1.82, 2.24) is 0 Å². The van der Waals surface area contributed by atoms with Crippen LogP contribution in [-0.4, -0.2) is 5.78 Å². The van der Waals surface area contributed by atoms with Crippen molar-refractivity contribution in [3.8, 4) is 0 Å². The molecule has 0 amide bonds. The van der Waals surface area contributed by atoms with Crippen LogP contribution in [-0.2, 0) is 0 Å². The number of benzene rings is 2. The molecule has 0 aliphatic rings. The highest BCUT2D eigenvalue weighted by molar-refractivity contribution is 6.07. The van der Waals surface area contributed by atoms with E-state index < -0.39 is 0 Å². The van der Waals surface area contributed by atoms with Gasteiger partial charge in [0, 0.05) is 5.56 Å². The fourth-order valence-electron chi connectivity index (χ4n) is 1.83. The molecule has 0 aromatic heterocycles. The Balaban J connectivity index is 2.22. The molecular formula is C17H16O. The third kappa shape index (κ3) is 2.95. The van der Waals surface area contributed by atoms with Crippen molar-refractivity contribution < 1.29 is 4.79 Å². The van der Waals surface area contributed by atoms with Crippen molar-refractivity contribution in [3.05, 3.63) is 76.9 Å². The first-order chi connectivity index (χ1) is 8.66. The smallest absolute Gasteiger partial charge is 0.186 e.